The number of aliphatic carboxylic acids is 1. The summed E-state index contributed by atoms with van der Waals surface area (Å²) in [4.78, 5) is 22.0. The van der Waals surface area contributed by atoms with Crippen molar-refractivity contribution < 1.29 is 14.7 Å². The van der Waals surface area contributed by atoms with Gasteiger partial charge in [0.2, 0.25) is 0 Å². The van der Waals surface area contributed by atoms with Crippen molar-refractivity contribution in [3.63, 3.8) is 0 Å². The van der Waals surface area contributed by atoms with Gasteiger partial charge in [-0.05, 0) is 12.3 Å². The fourth-order valence-electron chi connectivity index (χ4n) is 2.26. The molecule has 1 unspecified atom stereocenters. The minimum Gasteiger partial charge on any atom is -0.481 e. The van der Waals surface area contributed by atoms with Crippen LogP contribution in [0.2, 0.25) is 0 Å². The molecule has 2 amide bonds. The van der Waals surface area contributed by atoms with Crippen LogP contribution in [0.1, 0.15) is 45.4 Å². The summed E-state index contributed by atoms with van der Waals surface area (Å²) in [6.45, 7) is 2.42. The first kappa shape index (κ1) is 14.8. The molecule has 104 valence electrons. The Bertz CT molecular complexity index is 275. The Balaban J connectivity index is 2.04. The summed E-state index contributed by atoms with van der Waals surface area (Å²) in [7, 11) is 0. The van der Waals surface area contributed by atoms with Crippen molar-refractivity contribution in [3.05, 3.63) is 0 Å². The van der Waals surface area contributed by atoms with Gasteiger partial charge in [0.1, 0.15) is 0 Å². The second kappa shape index (κ2) is 7.95. The van der Waals surface area contributed by atoms with Crippen molar-refractivity contribution in [2.75, 3.05) is 13.1 Å². The summed E-state index contributed by atoms with van der Waals surface area (Å²) >= 11 is 0. The average Bonchev–Trinajstić information content (AvgIpc) is 2.37. The van der Waals surface area contributed by atoms with Crippen LogP contribution in [-0.2, 0) is 4.79 Å². The highest BCUT2D eigenvalue weighted by atomic mass is 16.4. The first-order chi connectivity index (χ1) is 8.59. The van der Waals surface area contributed by atoms with Gasteiger partial charge in [0.15, 0.2) is 0 Å². The maximum Gasteiger partial charge on any atom is 0.314 e. The highest BCUT2D eigenvalue weighted by Crippen LogP contribution is 2.25. The van der Waals surface area contributed by atoms with Crippen LogP contribution in [0.4, 0.5) is 4.79 Å². The van der Waals surface area contributed by atoms with Gasteiger partial charge >= 0.3 is 12.0 Å². The predicted octanol–water partition coefficient (Wildman–Crippen LogP) is 1.98. The molecule has 0 aromatic heterocycles. The Hall–Kier alpha value is -1.26. The summed E-state index contributed by atoms with van der Waals surface area (Å²) in [5.74, 6) is -0.691. The number of hydrogen-bond acceptors (Lipinski definition) is 2. The summed E-state index contributed by atoms with van der Waals surface area (Å²) in [5, 5.41) is 14.0. The summed E-state index contributed by atoms with van der Waals surface area (Å²) < 4.78 is 0. The molecule has 3 N–H and O–H groups in total. The van der Waals surface area contributed by atoms with Crippen LogP contribution in [-0.4, -0.2) is 30.2 Å². The van der Waals surface area contributed by atoms with Crippen molar-refractivity contribution in [2.24, 2.45) is 11.8 Å². The Morgan fingerprint density at radius 1 is 1.22 bits per heavy atom. The third-order valence-electron chi connectivity index (χ3n) is 3.55. The molecule has 0 bridgehead atoms. The van der Waals surface area contributed by atoms with Crippen LogP contribution in [0.25, 0.3) is 0 Å². The molecule has 0 radical (unpaired) electrons. The van der Waals surface area contributed by atoms with E-state index in [9.17, 15) is 9.59 Å². The standard InChI is InChI=1S/C13H24N2O3/c1-10(12(16)17)9-15-13(18)14-8-7-11-5-3-2-4-6-11/h10-11H,2-9H2,1H3,(H,16,17)(H2,14,15,18). The van der Waals surface area contributed by atoms with E-state index in [1.807, 2.05) is 0 Å². The van der Waals surface area contributed by atoms with Crippen LogP contribution in [0.5, 0.6) is 0 Å². The van der Waals surface area contributed by atoms with E-state index in [0.717, 1.165) is 12.3 Å². The van der Waals surface area contributed by atoms with Crippen LogP contribution < -0.4 is 10.6 Å². The van der Waals surface area contributed by atoms with Crippen molar-refractivity contribution in [1.82, 2.24) is 10.6 Å². The van der Waals surface area contributed by atoms with E-state index in [1.54, 1.807) is 6.92 Å². The van der Waals surface area contributed by atoms with E-state index in [1.165, 1.54) is 32.1 Å². The van der Waals surface area contributed by atoms with E-state index in [0.29, 0.717) is 6.54 Å². The lowest BCUT2D eigenvalue weighted by molar-refractivity contribution is -0.140. The molecule has 0 aromatic rings. The summed E-state index contributed by atoms with van der Waals surface area (Å²) in [5.41, 5.74) is 0. The smallest absolute Gasteiger partial charge is 0.314 e. The van der Waals surface area contributed by atoms with E-state index >= 15 is 0 Å². The molecule has 1 atom stereocenters. The topological polar surface area (TPSA) is 78.4 Å². The summed E-state index contributed by atoms with van der Waals surface area (Å²) in [6.07, 6.45) is 7.55. The number of rotatable bonds is 6. The Labute approximate surface area is 108 Å². The Morgan fingerprint density at radius 3 is 2.50 bits per heavy atom. The van der Waals surface area contributed by atoms with Crippen LogP contribution in [0, 0.1) is 11.8 Å². The quantitative estimate of drug-likeness (QED) is 0.680. The number of carbonyl (C=O) groups excluding carboxylic acids is 1. The average molecular weight is 256 g/mol. The molecule has 0 aliphatic heterocycles. The molecule has 1 saturated carbocycles. The SMILES string of the molecule is CC(CNC(=O)NCCC1CCCCC1)C(=O)O. The van der Waals surface area contributed by atoms with Gasteiger partial charge in [0, 0.05) is 13.1 Å². The van der Waals surface area contributed by atoms with Gasteiger partial charge < -0.3 is 15.7 Å². The number of nitrogens with one attached hydrogen (secondary N) is 2. The lowest BCUT2D eigenvalue weighted by Gasteiger charge is -2.21. The minimum atomic E-state index is -0.891. The zero-order chi connectivity index (χ0) is 13.4. The normalized spacial score (nSPS) is 18.1. The molecule has 0 heterocycles. The fraction of sp³-hybridized carbons (Fsp3) is 0.846. The van der Waals surface area contributed by atoms with Crippen molar-refractivity contribution in [3.8, 4) is 0 Å². The van der Waals surface area contributed by atoms with Crippen LogP contribution in [0.15, 0.2) is 0 Å². The maximum absolute atomic E-state index is 11.4. The van der Waals surface area contributed by atoms with Gasteiger partial charge in [0.05, 0.1) is 5.92 Å². The molecule has 18 heavy (non-hydrogen) atoms. The zero-order valence-corrected chi connectivity index (χ0v) is 11.1. The molecule has 0 saturated heterocycles. The van der Waals surface area contributed by atoms with E-state index in [-0.39, 0.29) is 12.6 Å². The second-order valence-corrected chi connectivity index (χ2v) is 5.17. The molecule has 1 rings (SSSR count). The zero-order valence-electron chi connectivity index (χ0n) is 11.1. The van der Waals surface area contributed by atoms with Crippen molar-refractivity contribution in [2.45, 2.75) is 45.4 Å². The van der Waals surface area contributed by atoms with Crippen LogP contribution in [0.3, 0.4) is 0 Å². The van der Waals surface area contributed by atoms with E-state index in [4.69, 9.17) is 5.11 Å². The van der Waals surface area contributed by atoms with Gasteiger partial charge in [0.25, 0.3) is 0 Å². The number of carboxylic acids is 1. The number of carboxylic acid groups (broad SMARTS) is 1. The minimum absolute atomic E-state index is 0.171. The van der Waals surface area contributed by atoms with Crippen molar-refractivity contribution in [1.29, 1.82) is 0 Å². The number of carbonyl (C=O) groups is 2. The number of hydrogen-bond donors (Lipinski definition) is 3. The van der Waals surface area contributed by atoms with E-state index < -0.39 is 11.9 Å². The molecule has 5 nitrogen and oxygen atoms in total. The highest BCUT2D eigenvalue weighted by molar-refractivity contribution is 5.75. The highest BCUT2D eigenvalue weighted by Gasteiger charge is 2.14. The monoisotopic (exact) mass is 256 g/mol. The largest absolute Gasteiger partial charge is 0.481 e. The maximum atomic E-state index is 11.4. The van der Waals surface area contributed by atoms with Gasteiger partial charge in [-0.3, -0.25) is 4.79 Å². The third-order valence-corrected chi connectivity index (χ3v) is 3.55. The molecule has 5 heteroatoms. The van der Waals surface area contributed by atoms with Gasteiger partial charge in [-0.25, -0.2) is 4.79 Å². The van der Waals surface area contributed by atoms with Crippen molar-refractivity contribution >= 4 is 12.0 Å². The van der Waals surface area contributed by atoms with Crippen LogP contribution >= 0.6 is 0 Å². The summed E-state index contributed by atoms with van der Waals surface area (Å²) in [6, 6.07) is -0.265. The third kappa shape index (κ3) is 5.89. The molecule has 1 aliphatic carbocycles. The van der Waals surface area contributed by atoms with Gasteiger partial charge in [-0.15, -0.1) is 0 Å². The molecule has 0 aromatic carbocycles. The molecule has 1 aliphatic rings. The number of amides is 2. The molecular weight excluding hydrogens is 232 g/mol. The predicted molar refractivity (Wildman–Crippen MR) is 69.4 cm³/mol. The van der Waals surface area contributed by atoms with Gasteiger partial charge in [-0.2, -0.15) is 0 Å². The first-order valence-electron chi connectivity index (χ1n) is 6.84. The molecule has 0 spiro atoms. The van der Waals surface area contributed by atoms with Gasteiger partial charge in [-0.1, -0.05) is 39.0 Å². The van der Waals surface area contributed by atoms with E-state index in [2.05, 4.69) is 10.6 Å². The lowest BCUT2D eigenvalue weighted by Crippen LogP contribution is -2.40. The second-order valence-electron chi connectivity index (χ2n) is 5.17. The number of urea groups is 1. The Kier molecular flexibility index (Phi) is 6.54. The molecular formula is C13H24N2O3. The Morgan fingerprint density at radius 2 is 1.89 bits per heavy atom. The fourth-order valence-corrected chi connectivity index (χ4v) is 2.26. The molecule has 1 fully saturated rings. The lowest BCUT2D eigenvalue weighted by atomic mass is 9.87. The first-order valence-corrected chi connectivity index (χ1v) is 6.84.